The maximum absolute atomic E-state index is 6.26. The van der Waals surface area contributed by atoms with Crippen molar-refractivity contribution in [3.8, 4) is 23.0 Å². The van der Waals surface area contributed by atoms with Gasteiger partial charge in [-0.3, -0.25) is 0 Å². The monoisotopic (exact) mass is 444 g/mol. The average Bonchev–Trinajstić information content (AvgIpc) is 3.20. The van der Waals surface area contributed by atoms with Crippen LogP contribution >= 0.6 is 22.9 Å². The zero-order chi connectivity index (χ0) is 21.3. The number of thiazole rings is 1. The molecule has 0 fully saturated rings. The molecule has 6 nitrogen and oxygen atoms in total. The molecular weight excluding hydrogens is 424 g/mol. The Morgan fingerprint density at radius 1 is 0.900 bits per heavy atom. The highest BCUT2D eigenvalue weighted by Crippen LogP contribution is 2.46. The predicted molar refractivity (Wildman–Crippen MR) is 122 cm³/mol. The first-order valence-electron chi connectivity index (χ1n) is 9.18. The van der Waals surface area contributed by atoms with Crippen molar-refractivity contribution in [1.82, 2.24) is 4.98 Å². The van der Waals surface area contributed by atoms with Crippen molar-refractivity contribution in [1.29, 1.82) is 0 Å². The number of nitrogens with one attached hydrogen (secondary N) is 1. The summed E-state index contributed by atoms with van der Waals surface area (Å²) >= 11 is 7.80. The van der Waals surface area contributed by atoms with Crippen molar-refractivity contribution in [2.45, 2.75) is 6.54 Å². The summed E-state index contributed by atoms with van der Waals surface area (Å²) in [5.41, 5.74) is 1.69. The second-order valence-corrected chi connectivity index (χ2v) is 7.89. The molecule has 0 aliphatic carbocycles. The highest BCUT2D eigenvalue weighted by Gasteiger charge is 2.21. The number of fused-ring (bicyclic) bond motifs is 2. The van der Waals surface area contributed by atoms with Crippen LogP contribution < -0.4 is 24.3 Å². The second kappa shape index (κ2) is 8.45. The van der Waals surface area contributed by atoms with Crippen molar-refractivity contribution in [3.05, 3.63) is 47.0 Å². The van der Waals surface area contributed by atoms with Gasteiger partial charge in [0.1, 0.15) is 28.5 Å². The first-order valence-corrected chi connectivity index (χ1v) is 10.4. The summed E-state index contributed by atoms with van der Waals surface area (Å²) in [7, 11) is 6.53. The van der Waals surface area contributed by atoms with Crippen LogP contribution in [0, 0.1) is 0 Å². The Bertz CT molecular complexity index is 1230. The molecule has 0 unspecified atom stereocenters. The molecule has 30 heavy (non-hydrogen) atoms. The van der Waals surface area contributed by atoms with E-state index in [1.165, 1.54) is 0 Å². The minimum absolute atomic E-state index is 0.479. The number of hydrogen-bond acceptors (Lipinski definition) is 7. The van der Waals surface area contributed by atoms with Crippen LogP contribution in [0.25, 0.3) is 21.0 Å². The summed E-state index contributed by atoms with van der Waals surface area (Å²) in [6, 6.07) is 11.4. The smallest absolute Gasteiger partial charge is 0.184 e. The maximum Gasteiger partial charge on any atom is 0.184 e. The van der Waals surface area contributed by atoms with Crippen molar-refractivity contribution in [2.24, 2.45) is 0 Å². The van der Waals surface area contributed by atoms with Gasteiger partial charge in [0.15, 0.2) is 5.13 Å². The summed E-state index contributed by atoms with van der Waals surface area (Å²) in [4.78, 5) is 4.61. The average molecular weight is 445 g/mol. The van der Waals surface area contributed by atoms with Gasteiger partial charge in [0, 0.05) is 12.1 Å². The summed E-state index contributed by atoms with van der Waals surface area (Å²) in [6.07, 6.45) is 0. The Morgan fingerprint density at radius 2 is 1.60 bits per heavy atom. The minimum atomic E-state index is 0.479. The fraction of sp³-hybridized carbons (Fsp3) is 0.227. The fourth-order valence-corrected chi connectivity index (χ4v) is 4.68. The van der Waals surface area contributed by atoms with E-state index >= 15 is 0 Å². The van der Waals surface area contributed by atoms with Gasteiger partial charge in [-0.1, -0.05) is 29.0 Å². The molecule has 0 spiro atoms. The third-order valence-corrected chi connectivity index (χ3v) is 6.15. The number of aromatic nitrogens is 1. The molecule has 0 saturated heterocycles. The van der Waals surface area contributed by atoms with Crippen LogP contribution in [0.3, 0.4) is 0 Å². The lowest BCUT2D eigenvalue weighted by Crippen LogP contribution is -2.04. The molecule has 4 aromatic rings. The topological polar surface area (TPSA) is 61.8 Å². The van der Waals surface area contributed by atoms with Gasteiger partial charge < -0.3 is 24.3 Å². The summed E-state index contributed by atoms with van der Waals surface area (Å²) in [5.74, 6) is 2.72. The Labute approximate surface area is 183 Å². The first-order chi connectivity index (χ1) is 14.6. The number of nitrogens with zero attached hydrogens (tertiary/aromatic N) is 1. The fourth-order valence-electron chi connectivity index (χ4n) is 3.52. The minimum Gasteiger partial charge on any atom is -0.496 e. The van der Waals surface area contributed by atoms with Crippen LogP contribution in [0.2, 0.25) is 5.02 Å². The predicted octanol–water partition coefficient (Wildman–Crippen LogP) is 5.75. The maximum atomic E-state index is 6.26. The number of benzene rings is 3. The highest BCUT2D eigenvalue weighted by molar-refractivity contribution is 7.22. The molecule has 0 amide bonds. The molecule has 0 radical (unpaired) electrons. The zero-order valence-corrected chi connectivity index (χ0v) is 18.6. The number of anilines is 1. The molecule has 4 rings (SSSR count). The van der Waals surface area contributed by atoms with E-state index in [0.717, 1.165) is 31.7 Å². The van der Waals surface area contributed by atoms with Gasteiger partial charge in [-0.25, -0.2) is 4.98 Å². The lowest BCUT2D eigenvalue weighted by Gasteiger charge is -2.19. The second-order valence-electron chi connectivity index (χ2n) is 6.45. The van der Waals surface area contributed by atoms with Gasteiger partial charge >= 0.3 is 0 Å². The summed E-state index contributed by atoms with van der Waals surface area (Å²) in [5, 5.41) is 6.38. The zero-order valence-electron chi connectivity index (χ0n) is 17.0. The first kappa shape index (κ1) is 20.4. The van der Waals surface area contributed by atoms with E-state index in [4.69, 9.17) is 30.5 Å². The van der Waals surface area contributed by atoms with Crippen LogP contribution in [0.1, 0.15) is 5.56 Å². The van der Waals surface area contributed by atoms with Gasteiger partial charge in [-0.2, -0.15) is 0 Å². The Morgan fingerprint density at radius 3 is 2.23 bits per heavy atom. The molecule has 1 aromatic heterocycles. The van der Waals surface area contributed by atoms with Gasteiger partial charge in [0.05, 0.1) is 48.9 Å². The molecule has 3 aromatic carbocycles. The van der Waals surface area contributed by atoms with Crippen molar-refractivity contribution in [2.75, 3.05) is 33.8 Å². The molecule has 0 bridgehead atoms. The molecule has 0 aliphatic rings. The summed E-state index contributed by atoms with van der Waals surface area (Å²) in [6.45, 7) is 0.479. The quantitative estimate of drug-likeness (QED) is 0.391. The number of ether oxygens (including phenoxy) is 4. The highest BCUT2D eigenvalue weighted by atomic mass is 35.5. The molecule has 0 aliphatic heterocycles. The van der Waals surface area contributed by atoms with Crippen LogP contribution in [0.4, 0.5) is 5.13 Å². The van der Waals surface area contributed by atoms with E-state index < -0.39 is 0 Å². The third kappa shape index (κ3) is 3.44. The molecular formula is C22H21ClN2O4S. The molecule has 0 atom stereocenters. The van der Waals surface area contributed by atoms with Crippen LogP contribution in [0.5, 0.6) is 23.0 Å². The largest absolute Gasteiger partial charge is 0.496 e. The number of methoxy groups -OCH3 is 4. The molecule has 0 saturated carbocycles. The van der Waals surface area contributed by atoms with Crippen molar-refractivity contribution >= 4 is 49.1 Å². The lowest BCUT2D eigenvalue weighted by atomic mass is 10.0. The van der Waals surface area contributed by atoms with E-state index in [1.807, 2.05) is 36.4 Å². The van der Waals surface area contributed by atoms with Crippen LogP contribution in [-0.2, 0) is 6.54 Å². The van der Waals surface area contributed by atoms with Gasteiger partial charge in [-0.15, -0.1) is 0 Å². The van der Waals surface area contributed by atoms with Crippen LogP contribution in [0.15, 0.2) is 36.4 Å². The Balaban J connectivity index is 1.80. The van der Waals surface area contributed by atoms with Gasteiger partial charge in [-0.05, 0) is 30.3 Å². The SMILES string of the molecule is COc1ccc(OC)c2c(OC)c(CNc3nc4c(Cl)cccc4s3)cc(OC)c12. The Kier molecular flexibility index (Phi) is 5.74. The summed E-state index contributed by atoms with van der Waals surface area (Å²) < 4.78 is 23.7. The number of halogens is 1. The molecule has 156 valence electrons. The molecule has 1 heterocycles. The van der Waals surface area contributed by atoms with E-state index in [0.29, 0.717) is 34.6 Å². The van der Waals surface area contributed by atoms with E-state index in [2.05, 4.69) is 10.3 Å². The third-order valence-electron chi connectivity index (χ3n) is 4.86. The standard InChI is InChI=1S/C22H21ClN2O4S/c1-26-14-8-9-15(27-2)19-18(14)16(28-3)10-12(21(19)29-4)11-24-22-25-20-13(23)6-5-7-17(20)30-22/h5-10H,11H2,1-4H3,(H,24,25). The number of para-hydroxylation sites is 1. The lowest BCUT2D eigenvalue weighted by molar-refractivity contribution is 0.390. The molecule has 1 N–H and O–H groups in total. The van der Waals surface area contributed by atoms with Crippen molar-refractivity contribution in [3.63, 3.8) is 0 Å². The van der Waals surface area contributed by atoms with Crippen LogP contribution in [-0.4, -0.2) is 33.4 Å². The van der Waals surface area contributed by atoms with Crippen molar-refractivity contribution < 1.29 is 18.9 Å². The van der Waals surface area contributed by atoms with E-state index in [1.54, 1.807) is 39.8 Å². The number of rotatable bonds is 7. The van der Waals surface area contributed by atoms with Gasteiger partial charge in [0.25, 0.3) is 0 Å². The van der Waals surface area contributed by atoms with E-state index in [9.17, 15) is 0 Å². The van der Waals surface area contributed by atoms with E-state index in [-0.39, 0.29) is 0 Å². The van der Waals surface area contributed by atoms with Gasteiger partial charge in [0.2, 0.25) is 0 Å². The molecule has 8 heteroatoms. The normalized spacial score (nSPS) is 11.0. The Hall–Kier alpha value is -2.90. The number of hydrogen-bond donors (Lipinski definition) is 1.